The highest BCUT2D eigenvalue weighted by Crippen LogP contribution is 2.34. The number of nitrogens with zero attached hydrogens (tertiary/aromatic N) is 2. The number of alkyl halides is 2. The Labute approximate surface area is 100 Å². The summed E-state index contributed by atoms with van der Waals surface area (Å²) in [4.78, 5) is 2.61. The Hall–Kier alpha value is -1.46. The summed E-state index contributed by atoms with van der Waals surface area (Å²) in [6.07, 6.45) is -2.41. The summed E-state index contributed by atoms with van der Waals surface area (Å²) >= 11 is 0. The molecule has 0 fully saturated rings. The largest absolute Gasteiger partial charge is 0.481 e. The molecule has 0 aliphatic heterocycles. The zero-order chi connectivity index (χ0) is 13.2. The second-order valence-corrected chi connectivity index (χ2v) is 5.31. The van der Waals surface area contributed by atoms with Crippen LogP contribution in [0.15, 0.2) is 11.1 Å². The summed E-state index contributed by atoms with van der Waals surface area (Å²) in [6, 6.07) is 1.36. The number of nitriles is 1. The zero-order valence-electron chi connectivity index (χ0n) is 8.32. The summed E-state index contributed by atoms with van der Waals surface area (Å²) in [5.74, 6) is -0.513. The first-order valence-corrected chi connectivity index (χ1v) is 6.33. The molecule has 0 radical (unpaired) electrons. The van der Waals surface area contributed by atoms with E-state index in [0.717, 1.165) is 7.11 Å². The van der Waals surface area contributed by atoms with Gasteiger partial charge in [0.2, 0.25) is 5.88 Å². The fourth-order valence-electron chi connectivity index (χ4n) is 1.16. The van der Waals surface area contributed by atoms with E-state index in [4.69, 9.17) is 15.9 Å². The molecule has 0 bridgehead atoms. The Balaban J connectivity index is 3.72. The van der Waals surface area contributed by atoms with Gasteiger partial charge in [0.1, 0.15) is 11.0 Å². The number of halogens is 3. The third-order valence-electron chi connectivity index (χ3n) is 1.83. The number of rotatable bonds is 3. The number of aromatic nitrogens is 1. The van der Waals surface area contributed by atoms with E-state index in [1.54, 1.807) is 0 Å². The topological polar surface area (TPSA) is 80.0 Å². The van der Waals surface area contributed by atoms with Gasteiger partial charge in [-0.05, 0) is 0 Å². The molecule has 0 aliphatic rings. The van der Waals surface area contributed by atoms with Crippen LogP contribution in [0.25, 0.3) is 0 Å². The van der Waals surface area contributed by atoms with Gasteiger partial charge in [-0.3, -0.25) is 0 Å². The normalized spacial score (nSPS) is 11.3. The Morgan fingerprint density at radius 1 is 1.59 bits per heavy atom. The first kappa shape index (κ1) is 13.6. The summed E-state index contributed by atoms with van der Waals surface area (Å²) in [6.45, 7) is 0. The molecule has 9 heteroatoms. The molecule has 0 saturated heterocycles. The van der Waals surface area contributed by atoms with Crippen molar-refractivity contribution in [1.29, 1.82) is 5.26 Å². The van der Waals surface area contributed by atoms with Gasteiger partial charge in [0, 0.05) is 10.7 Å². The van der Waals surface area contributed by atoms with Gasteiger partial charge in [-0.15, -0.1) is 0 Å². The van der Waals surface area contributed by atoms with E-state index in [1.807, 2.05) is 0 Å². The predicted octanol–water partition coefficient (Wildman–Crippen LogP) is 1.83. The number of hydrogen-bond donors (Lipinski definition) is 0. The molecule has 92 valence electrons. The van der Waals surface area contributed by atoms with Crippen molar-refractivity contribution in [3.63, 3.8) is 0 Å². The molecule has 1 aromatic rings. The van der Waals surface area contributed by atoms with Gasteiger partial charge in [-0.2, -0.15) is 5.26 Å². The van der Waals surface area contributed by atoms with E-state index in [9.17, 15) is 17.2 Å². The van der Waals surface area contributed by atoms with Crippen LogP contribution in [0.2, 0.25) is 0 Å². The number of methoxy groups -OCH3 is 1. The van der Waals surface area contributed by atoms with Gasteiger partial charge < -0.3 is 4.74 Å². The summed E-state index contributed by atoms with van der Waals surface area (Å²) in [5, 5.41) is 8.74. The van der Waals surface area contributed by atoms with Crippen LogP contribution in [0, 0.1) is 11.3 Å². The van der Waals surface area contributed by atoms with Gasteiger partial charge in [0.15, 0.2) is 0 Å². The first-order valence-electron chi connectivity index (χ1n) is 4.02. The lowest BCUT2D eigenvalue weighted by molar-refractivity contribution is 0.145. The van der Waals surface area contributed by atoms with E-state index in [0.29, 0.717) is 6.20 Å². The molecule has 1 rings (SSSR count). The molecular formula is C8H5ClF2N2O3S. The van der Waals surface area contributed by atoms with Gasteiger partial charge in [0.25, 0.3) is 15.5 Å². The van der Waals surface area contributed by atoms with Crippen molar-refractivity contribution in [1.82, 2.24) is 4.98 Å². The Bertz CT molecular complexity index is 583. The van der Waals surface area contributed by atoms with Gasteiger partial charge in [-0.25, -0.2) is 22.2 Å². The smallest absolute Gasteiger partial charge is 0.270 e. The Morgan fingerprint density at radius 2 is 2.18 bits per heavy atom. The second kappa shape index (κ2) is 4.81. The number of hydrogen-bond acceptors (Lipinski definition) is 5. The molecule has 1 aromatic heterocycles. The molecule has 1 heterocycles. The van der Waals surface area contributed by atoms with Crippen molar-refractivity contribution in [2.75, 3.05) is 7.11 Å². The maximum absolute atomic E-state index is 12.7. The third kappa shape index (κ3) is 2.62. The fourth-order valence-corrected chi connectivity index (χ4v) is 2.09. The second-order valence-electron chi connectivity index (χ2n) is 2.77. The molecule has 0 aromatic carbocycles. The lowest BCUT2D eigenvalue weighted by Crippen LogP contribution is -2.05. The van der Waals surface area contributed by atoms with Crippen molar-refractivity contribution in [3.05, 3.63) is 17.3 Å². The SMILES string of the molecule is COc1ncc(S(=O)(=O)Cl)c(C#N)c1C(F)F. The summed E-state index contributed by atoms with van der Waals surface area (Å²) in [5.41, 5.74) is -1.65. The van der Waals surface area contributed by atoms with Crippen LogP contribution in [0.4, 0.5) is 8.78 Å². The fraction of sp³-hybridized carbons (Fsp3) is 0.250. The Morgan fingerprint density at radius 3 is 2.53 bits per heavy atom. The molecule has 0 atom stereocenters. The molecule has 0 amide bonds. The van der Waals surface area contributed by atoms with Crippen LogP contribution in [0.5, 0.6) is 5.88 Å². The lowest BCUT2D eigenvalue weighted by atomic mass is 10.1. The molecule has 5 nitrogen and oxygen atoms in total. The van der Waals surface area contributed by atoms with E-state index >= 15 is 0 Å². The highest BCUT2D eigenvalue weighted by atomic mass is 35.7. The molecule has 0 unspecified atom stereocenters. The maximum atomic E-state index is 12.7. The zero-order valence-corrected chi connectivity index (χ0v) is 9.89. The predicted molar refractivity (Wildman–Crippen MR) is 53.5 cm³/mol. The van der Waals surface area contributed by atoms with Crippen molar-refractivity contribution >= 4 is 19.7 Å². The van der Waals surface area contributed by atoms with Crippen molar-refractivity contribution in [2.45, 2.75) is 11.3 Å². The van der Waals surface area contributed by atoms with Crippen LogP contribution in [-0.2, 0) is 9.05 Å². The summed E-state index contributed by atoms with van der Waals surface area (Å²) in [7, 11) is 1.76. The van der Waals surface area contributed by atoms with Crippen LogP contribution in [0.3, 0.4) is 0 Å². The Kier molecular flexibility index (Phi) is 3.85. The van der Waals surface area contributed by atoms with Crippen LogP contribution in [-0.4, -0.2) is 20.5 Å². The van der Waals surface area contributed by atoms with Crippen molar-refractivity contribution in [3.8, 4) is 11.9 Å². The summed E-state index contributed by atoms with van der Waals surface area (Å²) < 4.78 is 52.1. The van der Waals surface area contributed by atoms with E-state index in [2.05, 4.69) is 9.72 Å². The minimum absolute atomic E-state index is 0.513. The van der Waals surface area contributed by atoms with Crippen molar-refractivity contribution < 1.29 is 21.9 Å². The maximum Gasteiger partial charge on any atom is 0.270 e. The van der Waals surface area contributed by atoms with Crippen LogP contribution in [0.1, 0.15) is 17.6 Å². The van der Waals surface area contributed by atoms with Crippen LogP contribution < -0.4 is 4.74 Å². The molecule has 0 spiro atoms. The molecule has 0 N–H and O–H groups in total. The highest BCUT2D eigenvalue weighted by molar-refractivity contribution is 8.13. The van der Waals surface area contributed by atoms with E-state index in [-0.39, 0.29) is 0 Å². The quantitative estimate of drug-likeness (QED) is 0.790. The van der Waals surface area contributed by atoms with E-state index < -0.39 is 37.4 Å². The molecular weight excluding hydrogens is 278 g/mol. The average molecular weight is 283 g/mol. The average Bonchev–Trinajstić information content (AvgIpc) is 2.25. The standard InChI is InChI=1S/C8H5ClF2N2O3S/c1-16-8-6(7(10)11)4(2-12)5(3-13-8)17(9,14)15/h3,7H,1H3. The monoisotopic (exact) mass is 282 g/mol. The lowest BCUT2D eigenvalue weighted by Gasteiger charge is -2.10. The molecule has 0 aliphatic carbocycles. The van der Waals surface area contributed by atoms with Crippen molar-refractivity contribution in [2.24, 2.45) is 0 Å². The van der Waals surface area contributed by atoms with E-state index in [1.165, 1.54) is 6.07 Å². The van der Waals surface area contributed by atoms with Gasteiger partial charge >= 0.3 is 0 Å². The molecule has 17 heavy (non-hydrogen) atoms. The third-order valence-corrected chi connectivity index (χ3v) is 3.16. The minimum Gasteiger partial charge on any atom is -0.481 e. The number of ether oxygens (including phenoxy) is 1. The highest BCUT2D eigenvalue weighted by Gasteiger charge is 2.27. The van der Waals surface area contributed by atoms with Crippen LogP contribution >= 0.6 is 10.7 Å². The minimum atomic E-state index is -4.33. The molecule has 0 saturated carbocycles. The van der Waals surface area contributed by atoms with Gasteiger partial charge in [-0.1, -0.05) is 0 Å². The van der Waals surface area contributed by atoms with Gasteiger partial charge in [0.05, 0.1) is 24.4 Å². The number of pyridine rings is 1. The first-order chi connectivity index (χ1) is 7.82.